The molecule has 0 amide bonds. The van der Waals surface area contributed by atoms with Crippen LogP contribution in [-0.2, 0) is 30.8 Å². The van der Waals surface area contributed by atoms with Crippen LogP contribution in [0.3, 0.4) is 0 Å². The Labute approximate surface area is 216 Å². The van der Waals surface area contributed by atoms with Gasteiger partial charge in [-0.25, -0.2) is 4.57 Å². The molecule has 16 heteroatoms. The number of carbonyl (C=O) groups is 1. The first kappa shape index (κ1) is 36.1. The minimum Gasteiger partial charge on any atom is -0.870 e. The molecule has 3 N–H and O–H groups in total. The number of quaternary nitrogens is 1. The van der Waals surface area contributed by atoms with Crippen LogP contribution in [0.2, 0.25) is 0 Å². The Hall–Kier alpha value is -1.90. The second-order valence-electron chi connectivity index (χ2n) is 9.46. The number of alkyl halides is 6. The molecule has 0 aromatic heterocycles. The zero-order chi connectivity index (χ0) is 28.5. The van der Waals surface area contributed by atoms with Gasteiger partial charge >= 0.3 is 26.1 Å². The van der Waals surface area contributed by atoms with Gasteiger partial charge in [-0.15, -0.1) is 0 Å². The molecule has 0 radical (unpaired) electrons. The molecule has 9 nitrogen and oxygen atoms in total. The fraction of sp³-hybridized carbons (Fsp3) is 0.682. The van der Waals surface area contributed by atoms with E-state index in [1.54, 1.807) is 21.1 Å². The first-order valence-electron chi connectivity index (χ1n) is 11.4. The molecule has 0 heterocycles. The smallest absolute Gasteiger partial charge is 0.472 e. The van der Waals surface area contributed by atoms with Crippen molar-refractivity contribution in [2.24, 2.45) is 0 Å². The number of likely N-dealkylation sites (N-methyl/N-ethyl adjacent to an activating group) is 1. The van der Waals surface area contributed by atoms with Crippen molar-refractivity contribution in [3.63, 3.8) is 0 Å². The summed E-state index contributed by atoms with van der Waals surface area (Å²) in [5.41, 5.74) is -2.90. The summed E-state index contributed by atoms with van der Waals surface area (Å²) < 4.78 is 105. The number of aliphatic carboxylic acids is 1. The number of halogens is 6. The minimum atomic E-state index is -4.95. The molecular weight excluding hydrogens is 551 g/mol. The molecule has 1 aromatic rings. The molecule has 2 atom stereocenters. The topological polar surface area (TPSA) is 132 Å². The predicted octanol–water partition coefficient (Wildman–Crippen LogP) is 5.56. The van der Waals surface area contributed by atoms with Crippen molar-refractivity contribution < 1.29 is 69.4 Å². The van der Waals surface area contributed by atoms with Crippen molar-refractivity contribution in [3.05, 3.63) is 29.3 Å². The molecule has 0 saturated heterocycles. The Morgan fingerprint density at radius 1 is 0.921 bits per heavy atom. The summed E-state index contributed by atoms with van der Waals surface area (Å²) in [6.07, 6.45) is -8.97. The predicted molar refractivity (Wildman–Crippen MR) is 123 cm³/mol. The van der Waals surface area contributed by atoms with Gasteiger partial charge in [0.05, 0.1) is 51.9 Å². The molecule has 38 heavy (non-hydrogen) atoms. The van der Waals surface area contributed by atoms with Crippen LogP contribution in [0, 0.1) is 0 Å². The molecule has 0 aliphatic carbocycles. The number of carboxylic acids is 1. The van der Waals surface area contributed by atoms with Crippen LogP contribution in [0.5, 0.6) is 5.75 Å². The maximum atomic E-state index is 12.9. The Bertz CT molecular complexity index is 888. The molecule has 1 unspecified atom stereocenters. The van der Waals surface area contributed by atoms with Crippen LogP contribution in [0.25, 0.3) is 0 Å². The number of rotatable bonds is 16. The van der Waals surface area contributed by atoms with Crippen LogP contribution in [0.4, 0.5) is 26.3 Å². The summed E-state index contributed by atoms with van der Waals surface area (Å²) in [6.45, 7) is -0.0504. The van der Waals surface area contributed by atoms with E-state index in [-0.39, 0.29) is 31.3 Å². The van der Waals surface area contributed by atoms with Crippen molar-refractivity contribution >= 4 is 13.8 Å². The number of phosphoric acid groups is 1. The maximum Gasteiger partial charge on any atom is 0.472 e. The van der Waals surface area contributed by atoms with Gasteiger partial charge in [-0.05, 0) is 31.0 Å². The lowest BCUT2D eigenvalue weighted by atomic mass is 10.1. The summed E-state index contributed by atoms with van der Waals surface area (Å²) >= 11 is 0. The van der Waals surface area contributed by atoms with E-state index >= 15 is 0 Å². The highest BCUT2D eigenvalue weighted by Gasteiger charge is 2.37. The van der Waals surface area contributed by atoms with Gasteiger partial charge in [-0.2, -0.15) is 26.3 Å². The lowest BCUT2D eigenvalue weighted by molar-refractivity contribution is -0.873. The average molecular weight is 585 g/mol. The zero-order valence-electron chi connectivity index (χ0n) is 21.2. The number of hydrogen-bond acceptors (Lipinski definition) is 6. The molecule has 1 rings (SSSR count). The number of nitrogens with zero attached hydrogens (tertiary/aromatic N) is 1. The first-order valence-corrected chi connectivity index (χ1v) is 12.9. The maximum absolute atomic E-state index is 12.9. The number of ether oxygens (including phenoxy) is 1. The number of phosphoric ester groups is 1. The Balaban J connectivity index is 0.0000137. The highest BCUT2D eigenvalue weighted by atomic mass is 31.2. The summed E-state index contributed by atoms with van der Waals surface area (Å²) in [5, 5.41) is 8.97. The van der Waals surface area contributed by atoms with Gasteiger partial charge in [0.25, 0.3) is 0 Å². The van der Waals surface area contributed by atoms with Crippen molar-refractivity contribution in [1.29, 1.82) is 0 Å². The van der Waals surface area contributed by atoms with E-state index in [4.69, 9.17) is 18.9 Å². The van der Waals surface area contributed by atoms with Crippen molar-refractivity contribution in [3.8, 4) is 5.75 Å². The van der Waals surface area contributed by atoms with Crippen molar-refractivity contribution in [1.82, 2.24) is 0 Å². The normalized spacial score (nSPS) is 14.9. The third kappa shape index (κ3) is 15.5. The number of hydrogen-bond donors (Lipinski definition) is 2. The fourth-order valence-corrected chi connectivity index (χ4v) is 4.21. The first-order chi connectivity index (χ1) is 16.8. The fourth-order valence-electron chi connectivity index (χ4n) is 3.27. The van der Waals surface area contributed by atoms with Crippen LogP contribution >= 0.6 is 7.82 Å². The monoisotopic (exact) mass is 585 g/mol. The van der Waals surface area contributed by atoms with E-state index in [9.17, 15) is 40.6 Å². The molecule has 0 aliphatic rings. The van der Waals surface area contributed by atoms with Gasteiger partial charge in [0.2, 0.25) is 0 Å². The van der Waals surface area contributed by atoms with Gasteiger partial charge < -0.3 is 24.7 Å². The highest BCUT2D eigenvalue weighted by molar-refractivity contribution is 7.47. The minimum absolute atomic E-state index is 0. The van der Waals surface area contributed by atoms with Crippen LogP contribution in [0.15, 0.2) is 18.2 Å². The SMILES string of the molecule is C[N+](C)(C)C[C@@H](CC(=O)O)OP(=O)(O)OCCCCCCCOc1cc(C(F)(F)F)cc(C(F)(F)F)c1.[OH-]. The highest BCUT2D eigenvalue weighted by Crippen LogP contribution is 2.45. The quantitative estimate of drug-likeness (QED) is 0.112. The van der Waals surface area contributed by atoms with E-state index in [2.05, 4.69) is 0 Å². The molecule has 0 fully saturated rings. The molecule has 0 aliphatic heterocycles. The van der Waals surface area contributed by atoms with Crippen LogP contribution in [-0.4, -0.2) is 72.9 Å². The van der Waals surface area contributed by atoms with Gasteiger partial charge in [0.1, 0.15) is 18.4 Å². The van der Waals surface area contributed by atoms with Crippen LogP contribution in [0.1, 0.15) is 49.7 Å². The molecular formula is C22H34F6NO8P. The summed E-state index contributed by atoms with van der Waals surface area (Å²) in [7, 11) is 0.832. The number of carboxylic acid groups (broad SMARTS) is 1. The Morgan fingerprint density at radius 3 is 1.84 bits per heavy atom. The second-order valence-corrected chi connectivity index (χ2v) is 10.9. The standard InChI is InChI=1S/C22H32F6NO7P.H2O/c1-29(2,3)15-19(14-20(30)31)36-37(32,33)35-10-8-6-4-5-7-9-34-18-12-16(21(23,24)25)11-17(13-18)22(26,27)28;/h11-13,19H,4-10,14-15H2,1-3H3,(H-,30,31,32,33);1H2/t19-;/m1./s1. The molecule has 1 aromatic carbocycles. The molecule has 0 saturated carbocycles. The summed E-state index contributed by atoms with van der Waals surface area (Å²) in [6, 6.07) is 1.06. The lowest BCUT2D eigenvalue weighted by Crippen LogP contribution is -2.42. The van der Waals surface area contributed by atoms with Gasteiger partial charge in [-0.1, -0.05) is 19.3 Å². The van der Waals surface area contributed by atoms with Crippen molar-refractivity contribution in [2.75, 3.05) is 40.9 Å². The lowest BCUT2D eigenvalue weighted by Gasteiger charge is -2.29. The van der Waals surface area contributed by atoms with Crippen molar-refractivity contribution in [2.45, 2.75) is 57.0 Å². The van der Waals surface area contributed by atoms with Crippen LogP contribution < -0.4 is 4.74 Å². The van der Waals surface area contributed by atoms with Gasteiger partial charge in [0, 0.05) is 0 Å². The van der Waals surface area contributed by atoms with Gasteiger partial charge in [-0.3, -0.25) is 13.8 Å². The molecule has 0 bridgehead atoms. The van der Waals surface area contributed by atoms with E-state index in [0.29, 0.717) is 48.7 Å². The zero-order valence-corrected chi connectivity index (χ0v) is 22.1. The Morgan fingerprint density at radius 2 is 1.39 bits per heavy atom. The third-order valence-corrected chi connectivity index (χ3v) is 5.88. The summed E-state index contributed by atoms with van der Waals surface area (Å²) in [4.78, 5) is 20.8. The van der Waals surface area contributed by atoms with E-state index in [1.165, 1.54) is 0 Å². The van der Waals surface area contributed by atoms with Gasteiger partial charge in [0.15, 0.2) is 0 Å². The number of benzene rings is 1. The largest absolute Gasteiger partial charge is 0.870 e. The molecule has 0 spiro atoms. The third-order valence-electron chi connectivity index (χ3n) is 4.81. The summed E-state index contributed by atoms with van der Waals surface area (Å²) in [5.74, 6) is -1.71. The average Bonchev–Trinajstić information content (AvgIpc) is 2.68. The second kappa shape index (κ2) is 15.0. The van der Waals surface area contributed by atoms with E-state index < -0.39 is 55.5 Å². The number of unbranched alkanes of at least 4 members (excludes halogenated alkanes) is 4. The Kier molecular flexibility index (Phi) is 14.3. The van der Waals surface area contributed by atoms with E-state index in [1.807, 2.05) is 0 Å². The molecule has 222 valence electrons. The van der Waals surface area contributed by atoms with E-state index in [0.717, 1.165) is 0 Å².